The van der Waals surface area contributed by atoms with E-state index in [4.69, 9.17) is 9.47 Å². The average molecular weight is 304 g/mol. The number of para-hydroxylation sites is 1. The van der Waals surface area contributed by atoms with Crippen LogP contribution in [0.15, 0.2) is 30.3 Å². The second-order valence-electron chi connectivity index (χ2n) is 6.03. The monoisotopic (exact) mass is 304 g/mol. The molecule has 5 nitrogen and oxygen atoms in total. The van der Waals surface area contributed by atoms with Crippen LogP contribution in [-0.2, 0) is 4.74 Å². The van der Waals surface area contributed by atoms with Crippen LogP contribution in [0.4, 0.5) is 4.79 Å². The maximum absolute atomic E-state index is 11.4. The Morgan fingerprint density at radius 3 is 2.82 bits per heavy atom. The van der Waals surface area contributed by atoms with Crippen molar-refractivity contribution in [2.24, 2.45) is 5.92 Å². The third kappa shape index (κ3) is 4.13. The summed E-state index contributed by atoms with van der Waals surface area (Å²) in [5.41, 5.74) is 0. The van der Waals surface area contributed by atoms with Crippen molar-refractivity contribution in [3.63, 3.8) is 0 Å². The van der Waals surface area contributed by atoms with Gasteiger partial charge in [0.2, 0.25) is 0 Å². The number of cyclic esters (lactones) is 1. The van der Waals surface area contributed by atoms with E-state index in [1.165, 1.54) is 12.8 Å². The highest BCUT2D eigenvalue weighted by Crippen LogP contribution is 2.18. The maximum atomic E-state index is 11.4. The molecule has 22 heavy (non-hydrogen) atoms. The van der Waals surface area contributed by atoms with Crippen molar-refractivity contribution in [3.8, 4) is 5.75 Å². The molecule has 1 amide bonds. The highest BCUT2D eigenvalue weighted by Gasteiger charge is 2.24. The lowest BCUT2D eigenvalue weighted by Gasteiger charge is -2.33. The Hall–Kier alpha value is -1.75. The minimum Gasteiger partial charge on any atom is -0.493 e. The molecule has 0 radical (unpaired) electrons. The quantitative estimate of drug-likeness (QED) is 0.808. The van der Waals surface area contributed by atoms with Crippen molar-refractivity contribution in [1.82, 2.24) is 9.80 Å². The van der Waals surface area contributed by atoms with Gasteiger partial charge in [0.1, 0.15) is 12.4 Å². The fourth-order valence-corrected chi connectivity index (χ4v) is 3.11. The predicted molar refractivity (Wildman–Crippen MR) is 84.0 cm³/mol. The number of nitrogens with zero attached hydrogens (tertiary/aromatic N) is 2. The standard InChI is InChI=1S/C17H24N2O3/c20-17-19(11-12-21-17)10-9-18-8-4-5-15(13-18)14-22-16-6-2-1-3-7-16/h1-3,6-7,15H,4-5,8-14H2/t15-/m0/s1. The van der Waals surface area contributed by atoms with Crippen LogP contribution in [0.3, 0.4) is 0 Å². The van der Waals surface area contributed by atoms with Crippen molar-refractivity contribution < 1.29 is 14.3 Å². The largest absolute Gasteiger partial charge is 0.493 e. The van der Waals surface area contributed by atoms with Crippen LogP contribution in [0, 0.1) is 5.92 Å². The van der Waals surface area contributed by atoms with Gasteiger partial charge in [0.25, 0.3) is 0 Å². The molecule has 2 saturated heterocycles. The van der Waals surface area contributed by atoms with Crippen LogP contribution in [0.2, 0.25) is 0 Å². The van der Waals surface area contributed by atoms with E-state index in [0.29, 0.717) is 12.5 Å². The molecule has 2 aliphatic rings. The van der Waals surface area contributed by atoms with E-state index >= 15 is 0 Å². The van der Waals surface area contributed by atoms with Crippen molar-refractivity contribution in [1.29, 1.82) is 0 Å². The number of ether oxygens (including phenoxy) is 2. The zero-order chi connectivity index (χ0) is 15.2. The molecule has 0 bridgehead atoms. The molecular formula is C17H24N2O3. The molecule has 5 heteroatoms. The molecule has 120 valence electrons. The minimum atomic E-state index is -0.166. The van der Waals surface area contributed by atoms with Crippen LogP contribution >= 0.6 is 0 Å². The molecule has 0 unspecified atom stereocenters. The Balaban J connectivity index is 1.40. The first-order valence-electron chi connectivity index (χ1n) is 8.13. The maximum Gasteiger partial charge on any atom is 0.409 e. The van der Waals surface area contributed by atoms with E-state index in [-0.39, 0.29) is 6.09 Å². The number of carbonyl (C=O) groups excluding carboxylic acids is 1. The Morgan fingerprint density at radius 1 is 1.18 bits per heavy atom. The summed E-state index contributed by atoms with van der Waals surface area (Å²) in [5, 5.41) is 0. The van der Waals surface area contributed by atoms with Gasteiger partial charge < -0.3 is 19.3 Å². The summed E-state index contributed by atoms with van der Waals surface area (Å²) in [4.78, 5) is 15.7. The first kappa shape index (κ1) is 15.2. The molecule has 0 aliphatic carbocycles. The highest BCUT2D eigenvalue weighted by molar-refractivity contribution is 5.69. The zero-order valence-electron chi connectivity index (χ0n) is 12.9. The Morgan fingerprint density at radius 2 is 2.05 bits per heavy atom. The van der Waals surface area contributed by atoms with Crippen molar-refractivity contribution >= 4 is 6.09 Å². The molecule has 2 heterocycles. The Bertz CT molecular complexity index is 480. The zero-order valence-corrected chi connectivity index (χ0v) is 12.9. The summed E-state index contributed by atoms with van der Waals surface area (Å²) in [6, 6.07) is 9.99. The van der Waals surface area contributed by atoms with Gasteiger partial charge in [-0.2, -0.15) is 0 Å². The molecule has 2 aliphatic heterocycles. The van der Waals surface area contributed by atoms with Crippen LogP contribution in [0.25, 0.3) is 0 Å². The lowest BCUT2D eigenvalue weighted by molar-refractivity contribution is 0.118. The van der Waals surface area contributed by atoms with Gasteiger partial charge in [0.15, 0.2) is 0 Å². The minimum absolute atomic E-state index is 0.166. The van der Waals surface area contributed by atoms with E-state index in [0.717, 1.165) is 45.1 Å². The second kappa shape index (κ2) is 7.49. The van der Waals surface area contributed by atoms with Gasteiger partial charge in [-0.05, 0) is 31.5 Å². The van der Waals surface area contributed by atoms with Gasteiger partial charge in [-0.3, -0.25) is 0 Å². The lowest BCUT2D eigenvalue weighted by Crippen LogP contribution is -2.42. The number of hydrogen-bond acceptors (Lipinski definition) is 4. The molecule has 0 saturated carbocycles. The summed E-state index contributed by atoms with van der Waals surface area (Å²) >= 11 is 0. The van der Waals surface area contributed by atoms with Crippen LogP contribution in [0.5, 0.6) is 5.75 Å². The number of carbonyl (C=O) groups is 1. The Labute approximate surface area is 131 Å². The van der Waals surface area contributed by atoms with Crippen molar-refractivity contribution in [2.75, 3.05) is 45.9 Å². The van der Waals surface area contributed by atoms with Gasteiger partial charge in [-0.25, -0.2) is 4.79 Å². The van der Waals surface area contributed by atoms with Gasteiger partial charge in [0, 0.05) is 25.6 Å². The van der Waals surface area contributed by atoms with Crippen LogP contribution < -0.4 is 4.74 Å². The molecule has 1 aromatic rings. The van der Waals surface area contributed by atoms with E-state index in [2.05, 4.69) is 4.90 Å². The second-order valence-corrected chi connectivity index (χ2v) is 6.03. The molecule has 3 rings (SSSR count). The molecule has 1 aromatic carbocycles. The van der Waals surface area contributed by atoms with E-state index in [1.807, 2.05) is 30.3 Å². The third-order valence-electron chi connectivity index (χ3n) is 4.36. The van der Waals surface area contributed by atoms with Gasteiger partial charge in [-0.15, -0.1) is 0 Å². The first-order chi connectivity index (χ1) is 10.8. The van der Waals surface area contributed by atoms with E-state index < -0.39 is 0 Å². The highest BCUT2D eigenvalue weighted by atomic mass is 16.6. The fraction of sp³-hybridized carbons (Fsp3) is 0.588. The average Bonchev–Trinajstić information content (AvgIpc) is 2.98. The summed E-state index contributed by atoms with van der Waals surface area (Å²) in [6.45, 7) is 5.90. The SMILES string of the molecule is O=C1OCCN1CCN1CCC[C@H](COc2ccccc2)C1. The number of likely N-dealkylation sites (tertiary alicyclic amines) is 1. The van der Waals surface area contributed by atoms with Crippen molar-refractivity contribution in [2.45, 2.75) is 12.8 Å². The lowest BCUT2D eigenvalue weighted by atomic mass is 9.99. The summed E-state index contributed by atoms with van der Waals surface area (Å²) in [7, 11) is 0. The van der Waals surface area contributed by atoms with Crippen LogP contribution in [0.1, 0.15) is 12.8 Å². The molecule has 1 atom stereocenters. The predicted octanol–water partition coefficient (Wildman–Crippen LogP) is 2.23. The fourth-order valence-electron chi connectivity index (χ4n) is 3.11. The molecule has 2 fully saturated rings. The molecule has 0 N–H and O–H groups in total. The smallest absolute Gasteiger partial charge is 0.409 e. The first-order valence-corrected chi connectivity index (χ1v) is 8.13. The van der Waals surface area contributed by atoms with Crippen LogP contribution in [-0.4, -0.2) is 61.8 Å². The third-order valence-corrected chi connectivity index (χ3v) is 4.36. The van der Waals surface area contributed by atoms with Gasteiger partial charge in [-0.1, -0.05) is 18.2 Å². The number of hydrogen-bond donors (Lipinski definition) is 0. The van der Waals surface area contributed by atoms with Gasteiger partial charge >= 0.3 is 6.09 Å². The number of benzene rings is 1. The van der Waals surface area contributed by atoms with E-state index in [9.17, 15) is 4.79 Å². The summed E-state index contributed by atoms with van der Waals surface area (Å²) in [6.07, 6.45) is 2.25. The summed E-state index contributed by atoms with van der Waals surface area (Å²) < 4.78 is 10.8. The normalized spacial score (nSPS) is 22.6. The van der Waals surface area contributed by atoms with E-state index in [1.54, 1.807) is 4.90 Å². The number of amides is 1. The topological polar surface area (TPSA) is 42.0 Å². The van der Waals surface area contributed by atoms with Gasteiger partial charge in [0.05, 0.1) is 13.2 Å². The summed E-state index contributed by atoms with van der Waals surface area (Å²) in [5.74, 6) is 1.51. The van der Waals surface area contributed by atoms with Crippen molar-refractivity contribution in [3.05, 3.63) is 30.3 Å². The number of rotatable bonds is 6. The Kier molecular flexibility index (Phi) is 5.16. The molecular weight excluding hydrogens is 280 g/mol. The number of piperidine rings is 1. The molecule has 0 aromatic heterocycles. The molecule has 0 spiro atoms.